The molecule has 0 aliphatic carbocycles. The third-order valence-electron chi connectivity index (χ3n) is 3.34. The molecule has 18 heavy (non-hydrogen) atoms. The van der Waals surface area contributed by atoms with Gasteiger partial charge in [0.15, 0.2) is 5.82 Å². The summed E-state index contributed by atoms with van der Waals surface area (Å²) in [6.07, 6.45) is 1.17. The number of anilines is 1. The second-order valence-corrected chi connectivity index (χ2v) is 5.42. The van der Waals surface area contributed by atoms with Crippen LogP contribution in [0.15, 0.2) is 29.6 Å². The maximum atomic E-state index is 4.34. The lowest BCUT2D eigenvalue weighted by Crippen LogP contribution is -2.29. The van der Waals surface area contributed by atoms with Crippen molar-refractivity contribution in [1.82, 2.24) is 15.5 Å². The summed E-state index contributed by atoms with van der Waals surface area (Å²) in [5, 5.41) is 14.0. The zero-order valence-corrected chi connectivity index (χ0v) is 11.2. The SMILES string of the molecule is CNC1CCN(c2ccc(-c3cccs3)nn2)C1. The molecule has 0 amide bonds. The highest BCUT2D eigenvalue weighted by Crippen LogP contribution is 2.24. The zero-order chi connectivity index (χ0) is 12.4. The van der Waals surface area contributed by atoms with Crippen LogP contribution in [0, 0.1) is 0 Å². The molecular formula is C13H16N4S. The van der Waals surface area contributed by atoms with Gasteiger partial charge in [0.1, 0.15) is 5.69 Å². The highest BCUT2D eigenvalue weighted by Gasteiger charge is 2.22. The van der Waals surface area contributed by atoms with Gasteiger partial charge in [0.05, 0.1) is 4.88 Å². The highest BCUT2D eigenvalue weighted by atomic mass is 32.1. The fourth-order valence-corrected chi connectivity index (χ4v) is 2.94. The van der Waals surface area contributed by atoms with Gasteiger partial charge in [-0.2, -0.15) is 0 Å². The van der Waals surface area contributed by atoms with Gasteiger partial charge in [-0.3, -0.25) is 0 Å². The Balaban J connectivity index is 1.76. The van der Waals surface area contributed by atoms with Crippen molar-refractivity contribution >= 4 is 17.2 Å². The molecule has 1 atom stereocenters. The molecule has 0 radical (unpaired) electrons. The van der Waals surface area contributed by atoms with Crippen molar-refractivity contribution in [3.05, 3.63) is 29.6 Å². The molecule has 0 aromatic carbocycles. The average molecular weight is 260 g/mol. The molecule has 1 unspecified atom stereocenters. The maximum Gasteiger partial charge on any atom is 0.151 e. The van der Waals surface area contributed by atoms with Gasteiger partial charge < -0.3 is 10.2 Å². The second-order valence-electron chi connectivity index (χ2n) is 4.47. The standard InChI is InChI=1S/C13H16N4S/c1-14-10-6-7-17(9-10)13-5-4-11(15-16-13)12-3-2-8-18-12/h2-5,8,10,14H,6-7,9H2,1H3. The Hall–Kier alpha value is -1.46. The molecular weight excluding hydrogens is 244 g/mol. The van der Waals surface area contributed by atoms with Crippen LogP contribution in [0.25, 0.3) is 10.6 Å². The Morgan fingerprint density at radius 3 is 2.89 bits per heavy atom. The lowest BCUT2D eigenvalue weighted by molar-refractivity contribution is 0.616. The summed E-state index contributed by atoms with van der Waals surface area (Å²) >= 11 is 1.69. The van der Waals surface area contributed by atoms with Crippen LogP contribution < -0.4 is 10.2 Å². The minimum Gasteiger partial charge on any atom is -0.354 e. The third kappa shape index (κ3) is 2.23. The molecule has 1 fully saturated rings. The van der Waals surface area contributed by atoms with E-state index in [0.717, 1.165) is 24.6 Å². The lowest BCUT2D eigenvalue weighted by atomic mass is 10.3. The van der Waals surface area contributed by atoms with Crippen molar-refractivity contribution in [3.63, 3.8) is 0 Å². The number of likely N-dealkylation sites (N-methyl/N-ethyl adjacent to an activating group) is 1. The molecule has 2 aromatic rings. The van der Waals surface area contributed by atoms with E-state index in [1.54, 1.807) is 11.3 Å². The van der Waals surface area contributed by atoms with E-state index >= 15 is 0 Å². The van der Waals surface area contributed by atoms with Gasteiger partial charge in [-0.15, -0.1) is 21.5 Å². The Morgan fingerprint density at radius 1 is 1.33 bits per heavy atom. The molecule has 5 heteroatoms. The average Bonchev–Trinajstić information content (AvgIpc) is 3.10. The van der Waals surface area contributed by atoms with Crippen LogP contribution >= 0.6 is 11.3 Å². The molecule has 3 heterocycles. The van der Waals surface area contributed by atoms with E-state index in [0.29, 0.717) is 6.04 Å². The van der Waals surface area contributed by atoms with Gasteiger partial charge in [0, 0.05) is 19.1 Å². The molecule has 0 saturated carbocycles. The Bertz CT molecular complexity index is 494. The molecule has 1 N–H and O–H groups in total. The van der Waals surface area contributed by atoms with E-state index < -0.39 is 0 Å². The monoisotopic (exact) mass is 260 g/mol. The van der Waals surface area contributed by atoms with Crippen LogP contribution in [0.3, 0.4) is 0 Å². The summed E-state index contributed by atoms with van der Waals surface area (Å²) in [5.41, 5.74) is 0.957. The lowest BCUT2D eigenvalue weighted by Gasteiger charge is -2.16. The first-order valence-electron chi connectivity index (χ1n) is 6.16. The molecule has 0 spiro atoms. The molecule has 0 bridgehead atoms. The molecule has 4 nitrogen and oxygen atoms in total. The third-order valence-corrected chi connectivity index (χ3v) is 4.24. The van der Waals surface area contributed by atoms with Gasteiger partial charge in [0.25, 0.3) is 0 Å². The normalized spacial score (nSPS) is 19.4. The molecule has 1 aliphatic heterocycles. The summed E-state index contributed by atoms with van der Waals surface area (Å²) in [6, 6.07) is 8.80. The molecule has 3 rings (SSSR count). The van der Waals surface area contributed by atoms with Gasteiger partial charge in [-0.25, -0.2) is 0 Å². The first-order chi connectivity index (χ1) is 8.86. The van der Waals surface area contributed by atoms with E-state index in [1.165, 1.54) is 11.3 Å². The summed E-state index contributed by atoms with van der Waals surface area (Å²) < 4.78 is 0. The number of aromatic nitrogens is 2. The van der Waals surface area contributed by atoms with E-state index in [2.05, 4.69) is 44.0 Å². The number of hydrogen-bond acceptors (Lipinski definition) is 5. The van der Waals surface area contributed by atoms with Gasteiger partial charge in [0.2, 0.25) is 0 Å². The predicted molar refractivity (Wildman–Crippen MR) is 75.0 cm³/mol. The number of thiophene rings is 1. The fourth-order valence-electron chi connectivity index (χ4n) is 2.25. The largest absolute Gasteiger partial charge is 0.354 e. The van der Waals surface area contributed by atoms with Gasteiger partial charge in [-0.05, 0) is 37.0 Å². The molecule has 94 valence electrons. The molecule has 1 aliphatic rings. The van der Waals surface area contributed by atoms with Gasteiger partial charge in [-0.1, -0.05) is 6.07 Å². The van der Waals surface area contributed by atoms with Crippen molar-refractivity contribution in [3.8, 4) is 10.6 Å². The summed E-state index contributed by atoms with van der Waals surface area (Å²) in [4.78, 5) is 3.45. The van der Waals surface area contributed by atoms with Crippen LogP contribution in [0.5, 0.6) is 0 Å². The number of nitrogens with zero attached hydrogens (tertiary/aromatic N) is 3. The first kappa shape index (κ1) is 11.6. The number of hydrogen-bond donors (Lipinski definition) is 1. The van der Waals surface area contributed by atoms with Gasteiger partial charge >= 0.3 is 0 Å². The van der Waals surface area contributed by atoms with Crippen molar-refractivity contribution in [2.24, 2.45) is 0 Å². The van der Waals surface area contributed by atoms with Crippen LogP contribution in [0.4, 0.5) is 5.82 Å². The number of nitrogens with one attached hydrogen (secondary N) is 1. The summed E-state index contributed by atoms with van der Waals surface area (Å²) in [6.45, 7) is 2.07. The zero-order valence-electron chi connectivity index (χ0n) is 10.3. The van der Waals surface area contributed by atoms with Crippen molar-refractivity contribution in [2.45, 2.75) is 12.5 Å². The molecule has 2 aromatic heterocycles. The van der Waals surface area contributed by atoms with E-state index in [1.807, 2.05) is 13.1 Å². The topological polar surface area (TPSA) is 41.0 Å². The van der Waals surface area contributed by atoms with Crippen LogP contribution in [-0.4, -0.2) is 36.4 Å². The number of rotatable bonds is 3. The summed E-state index contributed by atoms with van der Waals surface area (Å²) in [5.74, 6) is 0.980. The van der Waals surface area contributed by atoms with E-state index in [-0.39, 0.29) is 0 Å². The predicted octanol–water partition coefficient (Wildman–Crippen LogP) is 2.00. The first-order valence-corrected chi connectivity index (χ1v) is 7.04. The van der Waals surface area contributed by atoms with E-state index in [4.69, 9.17) is 0 Å². The quantitative estimate of drug-likeness (QED) is 0.916. The highest BCUT2D eigenvalue weighted by molar-refractivity contribution is 7.13. The molecule has 1 saturated heterocycles. The van der Waals surface area contributed by atoms with Crippen molar-refractivity contribution in [1.29, 1.82) is 0 Å². The maximum absolute atomic E-state index is 4.34. The minimum absolute atomic E-state index is 0.573. The Morgan fingerprint density at radius 2 is 2.28 bits per heavy atom. The second kappa shape index (κ2) is 5.04. The van der Waals surface area contributed by atoms with E-state index in [9.17, 15) is 0 Å². The summed E-state index contributed by atoms with van der Waals surface area (Å²) in [7, 11) is 2.01. The van der Waals surface area contributed by atoms with Crippen LogP contribution in [0.1, 0.15) is 6.42 Å². The van der Waals surface area contributed by atoms with Crippen LogP contribution in [-0.2, 0) is 0 Å². The Kier molecular flexibility index (Phi) is 3.25. The smallest absolute Gasteiger partial charge is 0.151 e. The van der Waals surface area contributed by atoms with Crippen molar-refractivity contribution in [2.75, 3.05) is 25.0 Å². The van der Waals surface area contributed by atoms with Crippen molar-refractivity contribution < 1.29 is 0 Å². The minimum atomic E-state index is 0.573. The van der Waals surface area contributed by atoms with Crippen LogP contribution in [0.2, 0.25) is 0 Å². The Labute approximate surface area is 111 Å². The fraction of sp³-hybridized carbons (Fsp3) is 0.385.